The van der Waals surface area contributed by atoms with E-state index in [2.05, 4.69) is 9.69 Å². The zero-order valence-electron chi connectivity index (χ0n) is 17.9. The molecule has 1 aromatic heterocycles. The zero-order chi connectivity index (χ0) is 23.4. The fraction of sp³-hybridized carbons (Fsp3) is 0.250. The third kappa shape index (κ3) is 5.04. The second-order valence-corrected chi connectivity index (χ2v) is 8.47. The third-order valence-electron chi connectivity index (χ3n) is 5.58. The lowest BCUT2D eigenvalue weighted by Gasteiger charge is -2.23. The van der Waals surface area contributed by atoms with Crippen molar-refractivity contribution in [1.82, 2.24) is 14.6 Å². The first-order valence-electron chi connectivity index (χ1n) is 10.4. The van der Waals surface area contributed by atoms with Crippen LogP contribution in [-0.4, -0.2) is 52.0 Å². The number of rotatable bonds is 8. The lowest BCUT2D eigenvalue weighted by atomic mass is 9.98. The van der Waals surface area contributed by atoms with E-state index in [-0.39, 0.29) is 19.1 Å². The van der Waals surface area contributed by atoms with Crippen molar-refractivity contribution in [2.45, 2.75) is 24.9 Å². The standard InChI is InChI=1S/C24H23N3O5S/c1-27(13-15-10-11-33-26-15)23(30)21(12-22(28)29)25-24(31)32-14-20-18-8-4-2-6-16(18)17-7-3-5-9-19(17)20/h2-11,20-21H,12-14H2,1H3,(H,25,31)(H,28,29). The molecule has 1 aliphatic carbocycles. The molecular weight excluding hydrogens is 442 g/mol. The Hall–Kier alpha value is -3.72. The van der Waals surface area contributed by atoms with Crippen LogP contribution in [0.2, 0.25) is 0 Å². The Morgan fingerprint density at radius 3 is 2.30 bits per heavy atom. The Labute approximate surface area is 195 Å². The van der Waals surface area contributed by atoms with Gasteiger partial charge in [-0.25, -0.2) is 4.79 Å². The van der Waals surface area contributed by atoms with Gasteiger partial charge in [0.1, 0.15) is 12.6 Å². The number of aromatic nitrogens is 1. The van der Waals surface area contributed by atoms with E-state index >= 15 is 0 Å². The van der Waals surface area contributed by atoms with Crippen LogP contribution < -0.4 is 5.32 Å². The zero-order valence-corrected chi connectivity index (χ0v) is 18.7. The Balaban J connectivity index is 1.42. The van der Waals surface area contributed by atoms with E-state index in [9.17, 15) is 19.5 Å². The molecule has 0 fully saturated rings. The number of alkyl carbamates (subject to hydrolysis) is 1. The molecule has 33 heavy (non-hydrogen) atoms. The van der Waals surface area contributed by atoms with Crippen LogP contribution in [0.4, 0.5) is 4.79 Å². The highest BCUT2D eigenvalue weighted by molar-refractivity contribution is 7.03. The molecule has 0 saturated heterocycles. The van der Waals surface area contributed by atoms with Crippen LogP contribution in [0, 0.1) is 0 Å². The fourth-order valence-electron chi connectivity index (χ4n) is 4.06. The minimum Gasteiger partial charge on any atom is -0.481 e. The SMILES string of the molecule is CN(Cc1ccsn1)C(=O)C(CC(=O)O)NC(=O)OCC1c2ccccc2-c2ccccc21. The number of nitrogens with zero attached hydrogens (tertiary/aromatic N) is 2. The van der Waals surface area contributed by atoms with Gasteiger partial charge >= 0.3 is 12.1 Å². The van der Waals surface area contributed by atoms with Gasteiger partial charge in [0.15, 0.2) is 0 Å². The second kappa shape index (κ2) is 9.83. The first kappa shape index (κ1) is 22.5. The number of benzene rings is 2. The number of carbonyl (C=O) groups excluding carboxylic acids is 2. The number of aliphatic carboxylic acids is 1. The molecule has 0 saturated carbocycles. The molecule has 1 heterocycles. The summed E-state index contributed by atoms with van der Waals surface area (Å²) < 4.78 is 9.61. The van der Waals surface area contributed by atoms with Gasteiger partial charge in [0.25, 0.3) is 0 Å². The molecule has 0 radical (unpaired) electrons. The summed E-state index contributed by atoms with van der Waals surface area (Å²) in [6.45, 7) is 0.285. The molecular formula is C24H23N3O5S. The average Bonchev–Trinajstić information content (AvgIpc) is 3.42. The summed E-state index contributed by atoms with van der Waals surface area (Å²) in [7, 11) is 1.54. The van der Waals surface area contributed by atoms with Crippen molar-refractivity contribution in [3.05, 3.63) is 76.8 Å². The van der Waals surface area contributed by atoms with Crippen molar-refractivity contribution in [3.8, 4) is 11.1 Å². The maximum atomic E-state index is 12.8. The molecule has 0 aliphatic heterocycles. The third-order valence-corrected chi connectivity index (χ3v) is 6.18. The molecule has 2 amide bonds. The van der Waals surface area contributed by atoms with Crippen molar-refractivity contribution in [3.63, 3.8) is 0 Å². The van der Waals surface area contributed by atoms with Crippen molar-refractivity contribution < 1.29 is 24.2 Å². The number of carbonyl (C=O) groups is 3. The van der Waals surface area contributed by atoms with E-state index < -0.39 is 30.4 Å². The van der Waals surface area contributed by atoms with Gasteiger partial charge in [0.2, 0.25) is 5.91 Å². The van der Waals surface area contributed by atoms with Crippen LogP contribution in [0.1, 0.15) is 29.2 Å². The predicted octanol–water partition coefficient (Wildman–Crippen LogP) is 3.48. The Morgan fingerprint density at radius 2 is 1.73 bits per heavy atom. The van der Waals surface area contributed by atoms with Crippen LogP contribution in [0.15, 0.2) is 60.0 Å². The van der Waals surface area contributed by atoms with E-state index in [4.69, 9.17) is 4.74 Å². The van der Waals surface area contributed by atoms with Gasteiger partial charge in [-0.15, -0.1) is 0 Å². The van der Waals surface area contributed by atoms with Crippen molar-refractivity contribution >= 4 is 29.5 Å². The van der Waals surface area contributed by atoms with E-state index in [1.807, 2.05) is 48.5 Å². The van der Waals surface area contributed by atoms with Gasteiger partial charge in [-0.05, 0) is 39.9 Å². The molecule has 9 heteroatoms. The van der Waals surface area contributed by atoms with Crippen molar-refractivity contribution in [2.75, 3.05) is 13.7 Å². The number of fused-ring (bicyclic) bond motifs is 3. The van der Waals surface area contributed by atoms with Crippen LogP contribution in [0.5, 0.6) is 0 Å². The molecule has 1 aliphatic rings. The number of amides is 2. The first-order chi connectivity index (χ1) is 15.9. The molecule has 8 nitrogen and oxygen atoms in total. The highest BCUT2D eigenvalue weighted by Gasteiger charge is 2.31. The molecule has 0 bridgehead atoms. The fourth-order valence-corrected chi connectivity index (χ4v) is 4.60. The number of carboxylic acids is 1. The normalized spacial score (nSPS) is 13.0. The van der Waals surface area contributed by atoms with Gasteiger partial charge in [-0.3, -0.25) is 9.59 Å². The summed E-state index contributed by atoms with van der Waals surface area (Å²) >= 11 is 1.26. The summed E-state index contributed by atoms with van der Waals surface area (Å²) in [6.07, 6.45) is -1.39. The van der Waals surface area contributed by atoms with Gasteiger partial charge in [0, 0.05) is 18.3 Å². The number of nitrogens with one attached hydrogen (secondary N) is 1. The number of hydrogen-bond acceptors (Lipinski definition) is 6. The van der Waals surface area contributed by atoms with Crippen LogP contribution in [-0.2, 0) is 20.9 Å². The summed E-state index contributed by atoms with van der Waals surface area (Å²) in [5, 5.41) is 13.5. The topological polar surface area (TPSA) is 109 Å². The molecule has 4 rings (SSSR count). The molecule has 170 valence electrons. The highest BCUT2D eigenvalue weighted by Crippen LogP contribution is 2.44. The number of carboxylic acid groups (broad SMARTS) is 1. The van der Waals surface area contributed by atoms with Gasteiger partial charge in [0.05, 0.1) is 18.7 Å². The van der Waals surface area contributed by atoms with Crippen molar-refractivity contribution in [1.29, 1.82) is 0 Å². The number of hydrogen-bond donors (Lipinski definition) is 2. The van der Waals surface area contributed by atoms with E-state index in [0.29, 0.717) is 5.69 Å². The largest absolute Gasteiger partial charge is 0.481 e. The Kier molecular flexibility index (Phi) is 6.69. The Bertz CT molecular complexity index is 1120. The van der Waals surface area contributed by atoms with Crippen LogP contribution in [0.25, 0.3) is 11.1 Å². The molecule has 3 aromatic rings. The lowest BCUT2D eigenvalue weighted by molar-refractivity contribution is -0.142. The van der Waals surface area contributed by atoms with Crippen LogP contribution in [0.3, 0.4) is 0 Å². The maximum Gasteiger partial charge on any atom is 0.407 e. The quantitative estimate of drug-likeness (QED) is 0.527. The number of ether oxygens (including phenoxy) is 1. The molecule has 0 spiro atoms. The minimum atomic E-state index is -1.25. The Morgan fingerprint density at radius 1 is 1.09 bits per heavy atom. The van der Waals surface area contributed by atoms with Crippen LogP contribution >= 0.6 is 11.5 Å². The molecule has 1 atom stereocenters. The number of likely N-dealkylation sites (N-methyl/N-ethyl adjacent to an activating group) is 1. The summed E-state index contributed by atoms with van der Waals surface area (Å²) in [5.41, 5.74) is 5.01. The summed E-state index contributed by atoms with van der Waals surface area (Å²) in [4.78, 5) is 38.0. The molecule has 2 aromatic carbocycles. The lowest BCUT2D eigenvalue weighted by Crippen LogP contribution is -2.48. The summed E-state index contributed by atoms with van der Waals surface area (Å²) in [5.74, 6) is -1.86. The van der Waals surface area contributed by atoms with E-state index in [1.54, 1.807) is 11.4 Å². The maximum absolute atomic E-state index is 12.8. The summed E-state index contributed by atoms with van der Waals surface area (Å²) in [6, 6.07) is 16.4. The van der Waals surface area contributed by atoms with E-state index in [0.717, 1.165) is 22.3 Å². The predicted molar refractivity (Wildman–Crippen MR) is 123 cm³/mol. The minimum absolute atomic E-state index is 0.0719. The average molecular weight is 466 g/mol. The van der Waals surface area contributed by atoms with Gasteiger partial charge < -0.3 is 20.1 Å². The highest BCUT2D eigenvalue weighted by atomic mass is 32.1. The van der Waals surface area contributed by atoms with Gasteiger partial charge in [-0.2, -0.15) is 4.37 Å². The second-order valence-electron chi connectivity index (χ2n) is 7.81. The van der Waals surface area contributed by atoms with Crippen molar-refractivity contribution in [2.24, 2.45) is 0 Å². The monoisotopic (exact) mass is 465 g/mol. The van der Waals surface area contributed by atoms with E-state index in [1.165, 1.54) is 23.5 Å². The smallest absolute Gasteiger partial charge is 0.407 e. The molecule has 2 N–H and O–H groups in total. The first-order valence-corrected chi connectivity index (χ1v) is 11.2. The van der Waals surface area contributed by atoms with Gasteiger partial charge in [-0.1, -0.05) is 48.5 Å². The molecule has 1 unspecified atom stereocenters.